The van der Waals surface area contributed by atoms with E-state index in [9.17, 15) is 14.7 Å². The lowest BCUT2D eigenvalue weighted by atomic mass is 9.73. The van der Waals surface area contributed by atoms with Gasteiger partial charge in [0.1, 0.15) is 0 Å². The Hall–Kier alpha value is -1.62. The molecule has 0 saturated carbocycles. The molecule has 5 heteroatoms. The molecule has 2 aliphatic heterocycles. The van der Waals surface area contributed by atoms with Crippen LogP contribution < -0.4 is 0 Å². The van der Waals surface area contributed by atoms with Crippen molar-refractivity contribution in [1.82, 2.24) is 0 Å². The van der Waals surface area contributed by atoms with E-state index in [1.54, 1.807) is 13.8 Å². The Morgan fingerprint density at radius 2 is 1.95 bits per heavy atom. The van der Waals surface area contributed by atoms with Crippen molar-refractivity contribution in [3.63, 3.8) is 0 Å². The van der Waals surface area contributed by atoms with E-state index in [4.69, 9.17) is 9.47 Å². The largest absolute Gasteiger partial charge is 0.447 e. The second kappa shape index (κ2) is 4.19. The minimum Gasteiger partial charge on any atom is -0.447 e. The number of hydrogen-bond donors (Lipinski definition) is 1. The van der Waals surface area contributed by atoms with Crippen LogP contribution in [0.2, 0.25) is 0 Å². The van der Waals surface area contributed by atoms with Gasteiger partial charge < -0.3 is 14.6 Å². The van der Waals surface area contributed by atoms with Crippen molar-refractivity contribution in [2.45, 2.75) is 51.9 Å². The van der Waals surface area contributed by atoms with Crippen LogP contribution in [0.15, 0.2) is 22.3 Å². The van der Waals surface area contributed by atoms with E-state index in [2.05, 4.69) is 6.92 Å². The molecule has 0 amide bonds. The van der Waals surface area contributed by atoms with Crippen LogP contribution in [0.25, 0.3) is 0 Å². The number of cyclic esters (lactones) is 2. The van der Waals surface area contributed by atoms with Crippen LogP contribution >= 0.6 is 0 Å². The zero-order valence-corrected chi connectivity index (χ0v) is 11.9. The fourth-order valence-corrected chi connectivity index (χ4v) is 3.77. The summed E-state index contributed by atoms with van der Waals surface area (Å²) in [5, 5.41) is 10.0. The summed E-state index contributed by atoms with van der Waals surface area (Å²) < 4.78 is 10.4. The van der Waals surface area contributed by atoms with Gasteiger partial charge in [-0.3, -0.25) is 0 Å². The number of aliphatic hydroxyl groups is 1. The second-order valence-electron chi connectivity index (χ2n) is 5.90. The number of esters is 2. The number of aliphatic hydroxyl groups excluding tert-OH is 1. The van der Waals surface area contributed by atoms with Gasteiger partial charge in [-0.15, -0.1) is 0 Å². The van der Waals surface area contributed by atoms with E-state index in [1.165, 1.54) is 0 Å². The Bertz CT molecular complexity index is 571. The lowest BCUT2D eigenvalue weighted by Gasteiger charge is -2.33. The van der Waals surface area contributed by atoms with Crippen molar-refractivity contribution in [2.75, 3.05) is 0 Å². The van der Waals surface area contributed by atoms with Crippen LogP contribution in [0.1, 0.15) is 40.0 Å². The first-order valence-corrected chi connectivity index (χ1v) is 6.93. The predicted octanol–water partition coefficient (Wildman–Crippen LogP) is 1.61. The molecule has 0 aromatic rings. The maximum Gasteiger partial charge on any atom is 0.336 e. The van der Waals surface area contributed by atoms with E-state index in [1.807, 2.05) is 0 Å². The highest BCUT2D eigenvalue weighted by atomic mass is 16.6. The van der Waals surface area contributed by atoms with Gasteiger partial charge in [-0.2, -0.15) is 0 Å². The van der Waals surface area contributed by atoms with Crippen molar-refractivity contribution in [2.24, 2.45) is 5.92 Å². The molecule has 0 spiro atoms. The summed E-state index contributed by atoms with van der Waals surface area (Å²) in [4.78, 5) is 23.7. The lowest BCUT2D eigenvalue weighted by Crippen LogP contribution is -2.38. The molecular formula is C15H18O5. The van der Waals surface area contributed by atoms with Crippen molar-refractivity contribution in [1.29, 1.82) is 0 Å². The molecule has 0 fully saturated rings. The summed E-state index contributed by atoms with van der Waals surface area (Å²) >= 11 is 0. The Morgan fingerprint density at radius 3 is 2.55 bits per heavy atom. The highest BCUT2D eigenvalue weighted by Crippen LogP contribution is 2.50. The molecule has 3 atom stereocenters. The molecule has 1 N–H and O–H groups in total. The third-order valence-electron chi connectivity index (χ3n) is 4.63. The van der Waals surface area contributed by atoms with Gasteiger partial charge in [-0.25, -0.2) is 9.59 Å². The molecule has 0 aromatic heterocycles. The van der Waals surface area contributed by atoms with Crippen molar-refractivity contribution >= 4 is 11.9 Å². The highest BCUT2D eigenvalue weighted by Gasteiger charge is 2.54. The molecule has 0 saturated heterocycles. The molecule has 0 radical (unpaired) electrons. The summed E-state index contributed by atoms with van der Waals surface area (Å²) in [6, 6.07) is 0. The van der Waals surface area contributed by atoms with Gasteiger partial charge >= 0.3 is 11.9 Å². The minimum absolute atomic E-state index is 0.193. The molecule has 5 nitrogen and oxygen atoms in total. The topological polar surface area (TPSA) is 72.8 Å². The molecule has 3 rings (SSSR count). The van der Waals surface area contributed by atoms with Gasteiger partial charge in [-0.05, 0) is 44.6 Å². The predicted molar refractivity (Wildman–Crippen MR) is 69.3 cm³/mol. The zero-order valence-electron chi connectivity index (χ0n) is 11.9. The number of hydrogen-bond acceptors (Lipinski definition) is 5. The van der Waals surface area contributed by atoms with Crippen LogP contribution in [0.5, 0.6) is 0 Å². The van der Waals surface area contributed by atoms with Crippen LogP contribution in [-0.2, 0) is 19.1 Å². The summed E-state index contributed by atoms with van der Waals surface area (Å²) in [6.07, 6.45) is 1.30. The van der Waals surface area contributed by atoms with E-state index in [0.29, 0.717) is 23.1 Å². The summed E-state index contributed by atoms with van der Waals surface area (Å²) in [5.41, 5.74) is 1.26. The van der Waals surface area contributed by atoms with Gasteiger partial charge in [0.15, 0.2) is 5.60 Å². The van der Waals surface area contributed by atoms with Gasteiger partial charge in [0.25, 0.3) is 0 Å². The first kappa shape index (κ1) is 13.4. The van der Waals surface area contributed by atoms with Gasteiger partial charge in [0.2, 0.25) is 6.29 Å². The Balaban J connectivity index is 2.16. The third kappa shape index (κ3) is 1.59. The summed E-state index contributed by atoms with van der Waals surface area (Å²) in [6.45, 7) is 5.40. The SMILES string of the molecule is CC1=C(C2(C)OC(=O)C3=C2C(C)CCC3)C(O)OC1=O. The Labute approximate surface area is 117 Å². The fraction of sp³-hybridized carbons (Fsp3) is 0.600. The molecule has 3 aliphatic rings. The number of ether oxygens (including phenoxy) is 2. The van der Waals surface area contributed by atoms with E-state index >= 15 is 0 Å². The molecule has 0 aromatic carbocycles. The molecule has 2 heterocycles. The van der Waals surface area contributed by atoms with Crippen LogP contribution in [0.4, 0.5) is 0 Å². The van der Waals surface area contributed by atoms with Crippen molar-refractivity contribution < 1.29 is 24.2 Å². The minimum atomic E-state index is -1.33. The Morgan fingerprint density at radius 1 is 1.25 bits per heavy atom. The molecular weight excluding hydrogens is 260 g/mol. The monoisotopic (exact) mass is 278 g/mol. The van der Waals surface area contributed by atoms with E-state index in [0.717, 1.165) is 18.4 Å². The lowest BCUT2D eigenvalue weighted by molar-refractivity contribution is -0.155. The van der Waals surface area contributed by atoms with Crippen LogP contribution in [0.3, 0.4) is 0 Å². The number of carbonyl (C=O) groups is 2. The van der Waals surface area contributed by atoms with Gasteiger partial charge in [0.05, 0.1) is 5.57 Å². The standard InChI is InChI=1S/C15H18O5/c1-7-5-4-6-9-10(7)15(3,20-13(9)17)11-8(2)12(16)19-14(11)18/h7,14,18H,4-6H2,1-3H3. The molecule has 20 heavy (non-hydrogen) atoms. The molecule has 1 aliphatic carbocycles. The highest BCUT2D eigenvalue weighted by molar-refractivity contribution is 5.96. The Kier molecular flexibility index (Phi) is 2.80. The smallest absolute Gasteiger partial charge is 0.336 e. The van der Waals surface area contributed by atoms with Gasteiger partial charge in [0, 0.05) is 11.1 Å². The molecule has 0 bridgehead atoms. The number of carbonyl (C=O) groups excluding carboxylic acids is 2. The zero-order chi connectivity index (χ0) is 14.7. The quantitative estimate of drug-likeness (QED) is 0.738. The number of rotatable bonds is 1. The van der Waals surface area contributed by atoms with Crippen molar-refractivity contribution in [3.05, 3.63) is 22.3 Å². The maximum absolute atomic E-state index is 12.1. The second-order valence-corrected chi connectivity index (χ2v) is 5.90. The third-order valence-corrected chi connectivity index (χ3v) is 4.63. The first-order valence-electron chi connectivity index (χ1n) is 6.93. The maximum atomic E-state index is 12.1. The van der Waals surface area contributed by atoms with Gasteiger partial charge in [-0.1, -0.05) is 6.92 Å². The molecule has 108 valence electrons. The summed E-state index contributed by atoms with van der Waals surface area (Å²) in [7, 11) is 0. The van der Waals surface area contributed by atoms with Crippen LogP contribution in [0, 0.1) is 5.92 Å². The average Bonchev–Trinajstić information content (AvgIpc) is 2.77. The van der Waals surface area contributed by atoms with E-state index < -0.39 is 17.9 Å². The van der Waals surface area contributed by atoms with E-state index in [-0.39, 0.29) is 11.9 Å². The summed E-state index contributed by atoms with van der Waals surface area (Å²) in [5.74, 6) is -0.693. The average molecular weight is 278 g/mol. The fourth-order valence-electron chi connectivity index (χ4n) is 3.77. The van der Waals surface area contributed by atoms with Crippen LogP contribution in [-0.4, -0.2) is 28.9 Å². The van der Waals surface area contributed by atoms with Crippen molar-refractivity contribution in [3.8, 4) is 0 Å². The molecule has 3 unspecified atom stereocenters. The first-order chi connectivity index (χ1) is 9.36. The normalized spacial score (nSPS) is 37.2.